The molecule has 10 nitrogen and oxygen atoms in total. The van der Waals surface area contributed by atoms with Gasteiger partial charge in [-0.25, -0.2) is 4.79 Å². The van der Waals surface area contributed by atoms with Gasteiger partial charge in [-0.3, -0.25) is 19.7 Å². The van der Waals surface area contributed by atoms with Crippen LogP contribution in [0, 0.1) is 0 Å². The quantitative estimate of drug-likeness (QED) is 0.351. The van der Waals surface area contributed by atoms with Gasteiger partial charge in [-0.1, -0.05) is 38.1 Å². The molecule has 0 radical (unpaired) electrons. The predicted octanol–water partition coefficient (Wildman–Crippen LogP) is 3.72. The number of nitrogens with zero attached hydrogens (tertiary/aromatic N) is 1. The van der Waals surface area contributed by atoms with E-state index in [1.807, 2.05) is 24.3 Å². The van der Waals surface area contributed by atoms with E-state index in [1.165, 1.54) is 18.3 Å². The van der Waals surface area contributed by atoms with Gasteiger partial charge in [0.25, 0.3) is 11.8 Å². The number of methoxy groups -OCH3 is 1. The Balaban J connectivity index is 1.68. The van der Waals surface area contributed by atoms with Crippen LogP contribution in [0.3, 0.4) is 0 Å². The van der Waals surface area contributed by atoms with Gasteiger partial charge in [-0.2, -0.15) is 0 Å². The van der Waals surface area contributed by atoms with Crippen LogP contribution in [-0.4, -0.2) is 41.8 Å². The van der Waals surface area contributed by atoms with Crippen molar-refractivity contribution in [1.29, 1.82) is 0 Å². The van der Waals surface area contributed by atoms with E-state index in [0.717, 1.165) is 5.56 Å². The number of nitrogens with one attached hydrogen (secondary N) is 3. The minimum atomic E-state index is -1.08. The summed E-state index contributed by atoms with van der Waals surface area (Å²) in [6, 6.07) is 14.9. The molecule has 10 heteroatoms. The summed E-state index contributed by atoms with van der Waals surface area (Å²) in [6.45, 7) is 4.13. The second-order valence-electron chi connectivity index (χ2n) is 9.26. The number of anilines is 1. The van der Waals surface area contributed by atoms with E-state index in [9.17, 15) is 19.2 Å². The number of carbonyl (C=O) groups is 4. The molecule has 3 aromatic rings. The zero-order chi connectivity index (χ0) is 27.2. The average molecular weight is 519 g/mol. The van der Waals surface area contributed by atoms with Crippen LogP contribution in [0.25, 0.3) is 0 Å². The first-order valence-electron chi connectivity index (χ1n) is 12.2. The Bertz CT molecular complexity index is 1290. The van der Waals surface area contributed by atoms with Gasteiger partial charge in [0, 0.05) is 5.69 Å². The minimum absolute atomic E-state index is 0.0372. The predicted molar refractivity (Wildman–Crippen MR) is 139 cm³/mol. The lowest BCUT2D eigenvalue weighted by atomic mass is 10.0. The third-order valence-electron chi connectivity index (χ3n) is 6.30. The maximum atomic E-state index is 13.8. The average Bonchev–Trinajstić information content (AvgIpc) is 3.53. The second kappa shape index (κ2) is 11.6. The van der Waals surface area contributed by atoms with Gasteiger partial charge in [-0.05, 0) is 53.4 Å². The Kier molecular flexibility index (Phi) is 8.10. The van der Waals surface area contributed by atoms with E-state index in [-0.39, 0.29) is 13.0 Å². The first-order chi connectivity index (χ1) is 18.2. The summed E-state index contributed by atoms with van der Waals surface area (Å²) in [6.07, 6.45) is 1.14. The summed E-state index contributed by atoms with van der Waals surface area (Å²) in [5.41, 5.74) is 2.23. The number of ether oxygens (including phenoxy) is 1. The highest BCUT2D eigenvalue weighted by molar-refractivity contribution is 6.06. The molecular weight excluding hydrogens is 488 g/mol. The van der Waals surface area contributed by atoms with Crippen molar-refractivity contribution in [2.45, 2.75) is 44.8 Å². The number of furan rings is 1. The van der Waals surface area contributed by atoms with Gasteiger partial charge >= 0.3 is 6.03 Å². The highest BCUT2D eigenvalue weighted by Crippen LogP contribution is 2.28. The number of carbonyl (C=O) groups excluding carboxylic acids is 4. The fourth-order valence-corrected chi connectivity index (χ4v) is 4.21. The lowest BCUT2D eigenvalue weighted by Crippen LogP contribution is -2.44. The number of imide groups is 1. The zero-order valence-electron chi connectivity index (χ0n) is 21.4. The molecule has 198 valence electrons. The number of hydrogen-bond donors (Lipinski definition) is 3. The molecule has 2 atom stereocenters. The molecule has 1 fully saturated rings. The molecule has 1 saturated heterocycles. The van der Waals surface area contributed by atoms with Gasteiger partial charge in [0.1, 0.15) is 23.6 Å². The molecule has 5 amide bonds. The standard InChI is InChI=1S/C28H30N4O6/c1-17(2)18-6-10-20(11-7-18)29-27(35)25(19-8-12-21(37-3)13-9-19)32(16-22-5-4-14-38-22)24(33)15-23-26(34)31-28(36)30-23/h4-14,17,23,25H,15-16H2,1-3H3,(H,29,35)(H2,30,31,34,36)/t23-,25+/m1/s1. The molecule has 1 aromatic heterocycles. The lowest BCUT2D eigenvalue weighted by Gasteiger charge is -2.31. The fourth-order valence-electron chi connectivity index (χ4n) is 4.21. The number of urea groups is 1. The van der Waals surface area contributed by atoms with Crippen molar-refractivity contribution in [3.05, 3.63) is 83.8 Å². The third-order valence-corrected chi connectivity index (χ3v) is 6.30. The Morgan fingerprint density at radius 1 is 1.03 bits per heavy atom. The molecule has 4 rings (SSSR count). The molecule has 1 aliphatic rings. The van der Waals surface area contributed by atoms with Crippen molar-refractivity contribution >= 4 is 29.4 Å². The summed E-state index contributed by atoms with van der Waals surface area (Å²) in [5, 5.41) is 7.48. The normalized spacial score (nSPS) is 15.5. The summed E-state index contributed by atoms with van der Waals surface area (Å²) < 4.78 is 10.7. The highest BCUT2D eigenvalue weighted by Gasteiger charge is 2.37. The topological polar surface area (TPSA) is 130 Å². The summed E-state index contributed by atoms with van der Waals surface area (Å²) in [7, 11) is 1.54. The molecule has 38 heavy (non-hydrogen) atoms. The van der Waals surface area contributed by atoms with Gasteiger partial charge in [0.05, 0.1) is 26.3 Å². The van der Waals surface area contributed by atoms with Gasteiger partial charge < -0.3 is 24.7 Å². The molecule has 2 heterocycles. The number of rotatable bonds is 10. The van der Waals surface area contributed by atoms with Crippen LogP contribution < -0.4 is 20.7 Å². The van der Waals surface area contributed by atoms with Crippen molar-refractivity contribution in [3.63, 3.8) is 0 Å². The van der Waals surface area contributed by atoms with Crippen molar-refractivity contribution in [3.8, 4) is 5.75 Å². The first kappa shape index (κ1) is 26.5. The molecule has 1 aliphatic heterocycles. The number of amides is 5. The molecule has 0 saturated carbocycles. The van der Waals surface area contributed by atoms with Crippen molar-refractivity contribution in [2.24, 2.45) is 0 Å². The van der Waals surface area contributed by atoms with Crippen LogP contribution >= 0.6 is 0 Å². The van der Waals surface area contributed by atoms with E-state index in [2.05, 4.69) is 29.8 Å². The molecular formula is C28H30N4O6. The molecule has 0 aliphatic carbocycles. The maximum Gasteiger partial charge on any atom is 0.322 e. The second-order valence-corrected chi connectivity index (χ2v) is 9.26. The van der Waals surface area contributed by atoms with E-state index in [0.29, 0.717) is 28.7 Å². The van der Waals surface area contributed by atoms with Crippen LogP contribution in [0.1, 0.15) is 49.1 Å². The van der Waals surface area contributed by atoms with Crippen LogP contribution in [0.4, 0.5) is 10.5 Å². The van der Waals surface area contributed by atoms with Crippen LogP contribution in [0.15, 0.2) is 71.3 Å². The Labute approximate surface area is 220 Å². The van der Waals surface area contributed by atoms with Crippen molar-refractivity contribution in [1.82, 2.24) is 15.5 Å². The van der Waals surface area contributed by atoms with Gasteiger partial charge in [-0.15, -0.1) is 0 Å². The van der Waals surface area contributed by atoms with Gasteiger partial charge in [0.2, 0.25) is 5.91 Å². The minimum Gasteiger partial charge on any atom is -0.497 e. The SMILES string of the molecule is COc1ccc([C@@H](C(=O)Nc2ccc(C(C)C)cc2)N(Cc2ccco2)C(=O)C[C@H]2NC(=O)NC2=O)cc1. The van der Waals surface area contributed by atoms with Gasteiger partial charge in [0.15, 0.2) is 0 Å². The Morgan fingerprint density at radius 2 is 1.71 bits per heavy atom. The maximum absolute atomic E-state index is 13.8. The van der Waals surface area contributed by atoms with Crippen LogP contribution in [0.5, 0.6) is 5.75 Å². The molecule has 0 unspecified atom stereocenters. The van der Waals surface area contributed by atoms with E-state index < -0.39 is 35.8 Å². The molecule has 0 spiro atoms. The smallest absolute Gasteiger partial charge is 0.322 e. The van der Waals surface area contributed by atoms with Crippen LogP contribution in [-0.2, 0) is 20.9 Å². The Morgan fingerprint density at radius 3 is 2.26 bits per heavy atom. The van der Waals surface area contributed by atoms with Crippen molar-refractivity contribution in [2.75, 3.05) is 12.4 Å². The summed E-state index contributed by atoms with van der Waals surface area (Å²) in [4.78, 5) is 52.5. The zero-order valence-corrected chi connectivity index (χ0v) is 21.4. The fraction of sp³-hybridized carbons (Fsp3) is 0.286. The van der Waals surface area contributed by atoms with E-state index in [4.69, 9.17) is 9.15 Å². The Hall–Kier alpha value is -4.60. The largest absolute Gasteiger partial charge is 0.497 e. The number of benzene rings is 2. The first-order valence-corrected chi connectivity index (χ1v) is 12.2. The summed E-state index contributed by atoms with van der Waals surface area (Å²) in [5.74, 6) is -0.196. The molecule has 3 N–H and O–H groups in total. The monoisotopic (exact) mass is 518 g/mol. The van der Waals surface area contributed by atoms with Crippen molar-refractivity contribution < 1.29 is 28.3 Å². The highest BCUT2D eigenvalue weighted by atomic mass is 16.5. The van der Waals surface area contributed by atoms with Crippen LogP contribution in [0.2, 0.25) is 0 Å². The molecule has 2 aromatic carbocycles. The number of hydrogen-bond acceptors (Lipinski definition) is 6. The lowest BCUT2D eigenvalue weighted by molar-refractivity contribution is -0.141. The summed E-state index contributed by atoms with van der Waals surface area (Å²) >= 11 is 0. The molecule has 0 bridgehead atoms. The van der Waals surface area contributed by atoms with E-state index in [1.54, 1.807) is 36.4 Å². The third kappa shape index (κ3) is 6.20. The van der Waals surface area contributed by atoms with E-state index >= 15 is 0 Å².